The Morgan fingerprint density at radius 3 is 2.75 bits per heavy atom. The van der Waals surface area contributed by atoms with Crippen molar-refractivity contribution < 1.29 is 9.53 Å². The van der Waals surface area contributed by atoms with Crippen LogP contribution in [-0.2, 0) is 0 Å². The third-order valence-corrected chi connectivity index (χ3v) is 3.77. The number of benzene rings is 2. The zero-order valence-electron chi connectivity index (χ0n) is 11.4. The fourth-order valence-corrected chi connectivity index (χ4v) is 2.78. The average Bonchev–Trinajstić information content (AvgIpc) is 2.53. The van der Waals surface area contributed by atoms with Crippen LogP contribution in [0.15, 0.2) is 48.5 Å². The molecule has 0 bridgehead atoms. The molecule has 2 aromatic rings. The number of rotatable bonds is 3. The molecule has 0 saturated carbocycles. The van der Waals surface area contributed by atoms with E-state index in [0.29, 0.717) is 11.3 Å². The molecule has 102 valence electrons. The Bertz CT molecular complexity index is 636. The van der Waals surface area contributed by atoms with Crippen molar-refractivity contribution in [2.75, 3.05) is 19.0 Å². The van der Waals surface area contributed by atoms with Gasteiger partial charge in [0.15, 0.2) is 5.78 Å². The number of ether oxygens (including phenoxy) is 1. The molecule has 3 rings (SSSR count). The van der Waals surface area contributed by atoms with Crippen LogP contribution in [0.4, 0.5) is 5.69 Å². The van der Waals surface area contributed by atoms with Crippen LogP contribution < -0.4 is 10.1 Å². The minimum absolute atomic E-state index is 0.0938. The first kappa shape index (κ1) is 12.7. The van der Waals surface area contributed by atoms with E-state index in [9.17, 15) is 4.79 Å². The quantitative estimate of drug-likeness (QED) is 0.865. The largest absolute Gasteiger partial charge is 0.496 e. The summed E-state index contributed by atoms with van der Waals surface area (Å²) in [5.74, 6) is 0.689. The highest BCUT2D eigenvalue weighted by atomic mass is 16.5. The van der Waals surface area contributed by atoms with Gasteiger partial charge in [0.25, 0.3) is 0 Å². The van der Waals surface area contributed by atoms with Gasteiger partial charge in [0, 0.05) is 12.2 Å². The van der Waals surface area contributed by atoms with Gasteiger partial charge in [0.2, 0.25) is 0 Å². The molecule has 1 heterocycles. The Hall–Kier alpha value is -2.29. The summed E-state index contributed by atoms with van der Waals surface area (Å²) in [5.41, 5.74) is 2.80. The molecule has 1 aliphatic rings. The monoisotopic (exact) mass is 267 g/mol. The first-order valence-electron chi connectivity index (χ1n) is 6.81. The van der Waals surface area contributed by atoms with E-state index in [1.165, 1.54) is 0 Å². The third-order valence-electron chi connectivity index (χ3n) is 3.77. The van der Waals surface area contributed by atoms with Gasteiger partial charge in [-0.25, -0.2) is 0 Å². The number of methoxy groups -OCH3 is 1. The predicted molar refractivity (Wildman–Crippen MR) is 79.6 cm³/mol. The number of nitrogens with one attached hydrogen (secondary N) is 1. The summed E-state index contributed by atoms with van der Waals surface area (Å²) < 4.78 is 5.31. The molecule has 1 unspecified atom stereocenters. The van der Waals surface area contributed by atoms with E-state index in [0.717, 1.165) is 24.2 Å². The van der Waals surface area contributed by atoms with Crippen molar-refractivity contribution >= 4 is 11.5 Å². The highest BCUT2D eigenvalue weighted by Crippen LogP contribution is 2.35. The Morgan fingerprint density at radius 1 is 1.15 bits per heavy atom. The van der Waals surface area contributed by atoms with E-state index < -0.39 is 0 Å². The van der Waals surface area contributed by atoms with Gasteiger partial charge in [-0.05, 0) is 30.2 Å². The first-order chi connectivity index (χ1) is 9.81. The summed E-state index contributed by atoms with van der Waals surface area (Å²) in [4.78, 5) is 12.8. The average molecular weight is 267 g/mol. The Balaban J connectivity index is 2.00. The molecule has 2 aromatic carbocycles. The number of anilines is 1. The van der Waals surface area contributed by atoms with Gasteiger partial charge in [-0.3, -0.25) is 4.79 Å². The van der Waals surface area contributed by atoms with Gasteiger partial charge in [-0.2, -0.15) is 0 Å². The summed E-state index contributed by atoms with van der Waals surface area (Å²) in [6.07, 6.45) is 0.813. The number of carbonyl (C=O) groups is 1. The van der Waals surface area contributed by atoms with Crippen LogP contribution in [0.2, 0.25) is 0 Å². The van der Waals surface area contributed by atoms with Crippen LogP contribution in [0.1, 0.15) is 28.3 Å². The number of Topliss-reactive ketones (excluding diaryl/α,β-unsaturated/α-hetero) is 1. The number of hydrogen-bond acceptors (Lipinski definition) is 3. The summed E-state index contributed by atoms with van der Waals surface area (Å²) in [5, 5.41) is 3.34. The number of carbonyl (C=O) groups excluding carboxylic acids is 1. The number of ketones is 1. The fourth-order valence-electron chi connectivity index (χ4n) is 2.78. The van der Waals surface area contributed by atoms with Gasteiger partial charge < -0.3 is 10.1 Å². The minimum Gasteiger partial charge on any atom is -0.496 e. The lowest BCUT2D eigenvalue weighted by Crippen LogP contribution is -2.23. The molecule has 0 aliphatic carbocycles. The second-order valence-electron chi connectivity index (χ2n) is 4.92. The maximum absolute atomic E-state index is 12.8. The summed E-state index contributed by atoms with van der Waals surface area (Å²) in [6.45, 7) is 0.822. The SMILES string of the molecule is COc1ccccc1C(=O)C1CCNc2ccccc21. The minimum atomic E-state index is -0.0938. The van der Waals surface area contributed by atoms with E-state index in [4.69, 9.17) is 4.74 Å². The van der Waals surface area contributed by atoms with E-state index in [1.807, 2.05) is 48.5 Å². The summed E-state index contributed by atoms with van der Waals surface area (Å²) >= 11 is 0. The van der Waals surface area contributed by atoms with Crippen molar-refractivity contribution in [2.45, 2.75) is 12.3 Å². The summed E-state index contributed by atoms with van der Waals surface area (Å²) in [6, 6.07) is 15.5. The maximum atomic E-state index is 12.8. The fraction of sp³-hybridized carbons (Fsp3) is 0.235. The molecule has 0 saturated heterocycles. The van der Waals surface area contributed by atoms with E-state index >= 15 is 0 Å². The van der Waals surface area contributed by atoms with Gasteiger partial charge in [0.1, 0.15) is 5.75 Å². The Labute approximate surface area is 118 Å². The molecular formula is C17H17NO2. The lowest BCUT2D eigenvalue weighted by Gasteiger charge is -2.26. The molecule has 3 heteroatoms. The van der Waals surface area contributed by atoms with Crippen molar-refractivity contribution in [1.29, 1.82) is 0 Å². The molecule has 20 heavy (non-hydrogen) atoms. The van der Waals surface area contributed by atoms with Gasteiger partial charge >= 0.3 is 0 Å². The number of fused-ring (bicyclic) bond motifs is 1. The molecular weight excluding hydrogens is 250 g/mol. The van der Waals surface area contributed by atoms with Crippen molar-refractivity contribution in [3.63, 3.8) is 0 Å². The zero-order valence-corrected chi connectivity index (χ0v) is 11.4. The van der Waals surface area contributed by atoms with Crippen molar-refractivity contribution in [1.82, 2.24) is 0 Å². The maximum Gasteiger partial charge on any atom is 0.174 e. The highest BCUT2D eigenvalue weighted by molar-refractivity contribution is 6.04. The van der Waals surface area contributed by atoms with E-state index in [-0.39, 0.29) is 11.7 Å². The van der Waals surface area contributed by atoms with Gasteiger partial charge in [-0.1, -0.05) is 30.3 Å². The van der Waals surface area contributed by atoms with Crippen LogP contribution >= 0.6 is 0 Å². The van der Waals surface area contributed by atoms with Crippen molar-refractivity contribution in [2.24, 2.45) is 0 Å². The molecule has 1 aliphatic heterocycles. The normalized spacial score (nSPS) is 16.9. The smallest absolute Gasteiger partial charge is 0.174 e. The topological polar surface area (TPSA) is 38.3 Å². The zero-order chi connectivity index (χ0) is 13.9. The van der Waals surface area contributed by atoms with Crippen LogP contribution in [-0.4, -0.2) is 19.4 Å². The molecule has 1 N–H and O–H groups in total. The molecule has 0 spiro atoms. The molecule has 1 atom stereocenters. The molecule has 0 amide bonds. The van der Waals surface area contributed by atoms with Gasteiger partial charge in [-0.15, -0.1) is 0 Å². The standard InChI is InChI=1S/C17H17NO2/c1-20-16-9-5-3-7-14(16)17(19)13-10-11-18-15-8-4-2-6-12(13)15/h2-9,13,18H,10-11H2,1H3. The third kappa shape index (κ3) is 2.16. The molecule has 3 nitrogen and oxygen atoms in total. The Kier molecular flexibility index (Phi) is 3.42. The van der Waals surface area contributed by atoms with Crippen LogP contribution in [0.3, 0.4) is 0 Å². The second kappa shape index (κ2) is 5.37. The summed E-state index contributed by atoms with van der Waals surface area (Å²) in [7, 11) is 1.60. The lowest BCUT2D eigenvalue weighted by atomic mass is 9.84. The molecule has 0 radical (unpaired) electrons. The van der Waals surface area contributed by atoms with Crippen LogP contribution in [0, 0.1) is 0 Å². The lowest BCUT2D eigenvalue weighted by molar-refractivity contribution is 0.0952. The number of para-hydroxylation sites is 2. The first-order valence-corrected chi connectivity index (χ1v) is 6.81. The van der Waals surface area contributed by atoms with Crippen LogP contribution in [0.25, 0.3) is 0 Å². The van der Waals surface area contributed by atoms with Crippen LogP contribution in [0.5, 0.6) is 5.75 Å². The predicted octanol–water partition coefficient (Wildman–Crippen LogP) is 3.48. The molecule has 0 fully saturated rings. The van der Waals surface area contributed by atoms with Crippen molar-refractivity contribution in [3.05, 3.63) is 59.7 Å². The highest BCUT2D eigenvalue weighted by Gasteiger charge is 2.28. The van der Waals surface area contributed by atoms with E-state index in [2.05, 4.69) is 5.32 Å². The number of hydrogen-bond donors (Lipinski definition) is 1. The molecule has 0 aromatic heterocycles. The van der Waals surface area contributed by atoms with E-state index in [1.54, 1.807) is 7.11 Å². The Morgan fingerprint density at radius 2 is 1.90 bits per heavy atom. The second-order valence-corrected chi connectivity index (χ2v) is 4.92. The van der Waals surface area contributed by atoms with Crippen molar-refractivity contribution in [3.8, 4) is 5.75 Å². The van der Waals surface area contributed by atoms with Gasteiger partial charge in [0.05, 0.1) is 18.6 Å².